The Morgan fingerprint density at radius 1 is 1.17 bits per heavy atom. The normalized spacial score (nSPS) is 24.8. The lowest BCUT2D eigenvalue weighted by molar-refractivity contribution is 0.372. The average Bonchev–Trinajstić information content (AvgIpc) is 2.41. The highest BCUT2D eigenvalue weighted by atomic mass is 14.9. The zero-order valence-corrected chi connectivity index (χ0v) is 11.5. The first-order valence-electron chi connectivity index (χ1n) is 7.65. The molecule has 1 aromatic rings. The lowest BCUT2D eigenvalue weighted by Crippen LogP contribution is -2.28. The fourth-order valence-electron chi connectivity index (χ4n) is 3.63. The summed E-state index contributed by atoms with van der Waals surface area (Å²) < 4.78 is 0. The lowest BCUT2D eigenvalue weighted by atomic mass is 9.81. The molecule has 1 heterocycles. The van der Waals surface area contributed by atoms with Gasteiger partial charge >= 0.3 is 0 Å². The van der Waals surface area contributed by atoms with E-state index < -0.39 is 0 Å². The van der Waals surface area contributed by atoms with Crippen LogP contribution in [0.4, 0.5) is 0 Å². The first-order valence-corrected chi connectivity index (χ1v) is 7.65. The van der Waals surface area contributed by atoms with Crippen molar-refractivity contribution in [1.82, 2.24) is 5.32 Å². The van der Waals surface area contributed by atoms with Crippen LogP contribution in [0.25, 0.3) is 0 Å². The van der Waals surface area contributed by atoms with Crippen molar-refractivity contribution in [3.05, 3.63) is 34.9 Å². The van der Waals surface area contributed by atoms with E-state index in [-0.39, 0.29) is 0 Å². The van der Waals surface area contributed by atoms with Crippen LogP contribution in [0, 0.1) is 5.92 Å². The summed E-state index contributed by atoms with van der Waals surface area (Å²) >= 11 is 0. The molecule has 2 aliphatic rings. The number of hydrogen-bond acceptors (Lipinski definition) is 1. The maximum atomic E-state index is 3.46. The van der Waals surface area contributed by atoms with Crippen LogP contribution in [0.1, 0.15) is 55.2 Å². The van der Waals surface area contributed by atoms with Gasteiger partial charge in [0.05, 0.1) is 0 Å². The summed E-state index contributed by atoms with van der Waals surface area (Å²) in [6.45, 7) is 4.82. The second-order valence-corrected chi connectivity index (χ2v) is 6.22. The summed E-state index contributed by atoms with van der Waals surface area (Å²) in [4.78, 5) is 0. The number of hydrogen-bond donors (Lipinski definition) is 1. The molecule has 1 aromatic carbocycles. The summed E-state index contributed by atoms with van der Waals surface area (Å²) in [5.41, 5.74) is 4.84. The van der Waals surface area contributed by atoms with E-state index in [0.29, 0.717) is 0 Å². The van der Waals surface area contributed by atoms with Crippen molar-refractivity contribution in [2.75, 3.05) is 13.1 Å². The number of piperidine rings is 1. The van der Waals surface area contributed by atoms with Gasteiger partial charge in [0.25, 0.3) is 0 Å². The Labute approximate surface area is 111 Å². The summed E-state index contributed by atoms with van der Waals surface area (Å²) in [6.07, 6.45) is 8.06. The SMILES string of the molecule is CC1CCCc2ccc(CC3CCNCC3)cc21. The van der Waals surface area contributed by atoms with Gasteiger partial charge in [-0.1, -0.05) is 25.1 Å². The molecule has 0 bridgehead atoms. The monoisotopic (exact) mass is 243 g/mol. The first kappa shape index (κ1) is 12.2. The molecule has 1 atom stereocenters. The molecule has 1 aliphatic carbocycles. The van der Waals surface area contributed by atoms with E-state index in [4.69, 9.17) is 0 Å². The van der Waals surface area contributed by atoms with Gasteiger partial charge in [-0.15, -0.1) is 0 Å². The minimum Gasteiger partial charge on any atom is -0.317 e. The van der Waals surface area contributed by atoms with E-state index in [1.807, 2.05) is 0 Å². The third-order valence-corrected chi connectivity index (χ3v) is 4.81. The molecule has 0 radical (unpaired) electrons. The average molecular weight is 243 g/mol. The Morgan fingerprint density at radius 3 is 2.83 bits per heavy atom. The van der Waals surface area contributed by atoms with Crippen LogP contribution >= 0.6 is 0 Å². The number of nitrogens with one attached hydrogen (secondary N) is 1. The maximum absolute atomic E-state index is 3.46. The van der Waals surface area contributed by atoms with Crippen LogP contribution in [-0.2, 0) is 12.8 Å². The molecule has 18 heavy (non-hydrogen) atoms. The molecule has 1 fully saturated rings. The molecule has 0 spiro atoms. The Morgan fingerprint density at radius 2 is 2.00 bits per heavy atom. The molecule has 0 amide bonds. The highest BCUT2D eigenvalue weighted by molar-refractivity contribution is 5.36. The van der Waals surface area contributed by atoms with Crippen molar-refractivity contribution in [1.29, 1.82) is 0 Å². The van der Waals surface area contributed by atoms with Crippen molar-refractivity contribution in [3.63, 3.8) is 0 Å². The predicted octanol–water partition coefficient (Wildman–Crippen LogP) is 3.67. The Bertz CT molecular complexity index is 404. The van der Waals surface area contributed by atoms with Gasteiger partial charge in [-0.3, -0.25) is 0 Å². The van der Waals surface area contributed by atoms with Crippen molar-refractivity contribution in [2.45, 2.75) is 51.4 Å². The van der Waals surface area contributed by atoms with Gasteiger partial charge in [0.15, 0.2) is 0 Å². The smallest absolute Gasteiger partial charge is 0.00462 e. The van der Waals surface area contributed by atoms with E-state index in [2.05, 4.69) is 30.4 Å². The molecule has 1 unspecified atom stereocenters. The van der Waals surface area contributed by atoms with Crippen molar-refractivity contribution in [2.24, 2.45) is 5.92 Å². The van der Waals surface area contributed by atoms with E-state index in [9.17, 15) is 0 Å². The Balaban J connectivity index is 1.74. The summed E-state index contributed by atoms with van der Waals surface area (Å²) in [7, 11) is 0. The van der Waals surface area contributed by atoms with Crippen LogP contribution < -0.4 is 5.32 Å². The largest absolute Gasteiger partial charge is 0.317 e. The standard InChI is InChI=1S/C17H25N/c1-13-3-2-4-16-6-5-15(12-17(13)16)11-14-7-9-18-10-8-14/h5-6,12-14,18H,2-4,7-11H2,1H3. The third-order valence-electron chi connectivity index (χ3n) is 4.81. The van der Waals surface area contributed by atoms with Gasteiger partial charge in [-0.25, -0.2) is 0 Å². The van der Waals surface area contributed by atoms with Crippen molar-refractivity contribution < 1.29 is 0 Å². The summed E-state index contributed by atoms with van der Waals surface area (Å²) in [6, 6.07) is 7.31. The van der Waals surface area contributed by atoms with Crippen LogP contribution in [0.2, 0.25) is 0 Å². The fraction of sp³-hybridized carbons (Fsp3) is 0.647. The molecule has 3 rings (SSSR count). The molecule has 1 heteroatoms. The molecule has 98 valence electrons. The van der Waals surface area contributed by atoms with Crippen LogP contribution in [0.15, 0.2) is 18.2 Å². The molecule has 0 aromatic heterocycles. The molecule has 1 N–H and O–H groups in total. The van der Waals surface area contributed by atoms with Crippen molar-refractivity contribution >= 4 is 0 Å². The minimum absolute atomic E-state index is 0.779. The van der Waals surface area contributed by atoms with E-state index in [1.54, 1.807) is 16.7 Å². The number of rotatable bonds is 2. The molecule has 1 aliphatic heterocycles. The van der Waals surface area contributed by atoms with Crippen LogP contribution in [0.5, 0.6) is 0 Å². The summed E-state index contributed by atoms with van der Waals surface area (Å²) in [5.74, 6) is 1.69. The molecule has 0 saturated carbocycles. The molecular weight excluding hydrogens is 218 g/mol. The van der Waals surface area contributed by atoms with E-state index >= 15 is 0 Å². The zero-order chi connectivity index (χ0) is 12.4. The first-order chi connectivity index (χ1) is 8.83. The number of fused-ring (bicyclic) bond motifs is 1. The highest BCUT2D eigenvalue weighted by Crippen LogP contribution is 2.32. The van der Waals surface area contributed by atoms with Gasteiger partial charge in [-0.2, -0.15) is 0 Å². The fourth-order valence-corrected chi connectivity index (χ4v) is 3.63. The van der Waals surface area contributed by atoms with Crippen molar-refractivity contribution in [3.8, 4) is 0 Å². The van der Waals surface area contributed by atoms with Crippen LogP contribution in [-0.4, -0.2) is 13.1 Å². The maximum Gasteiger partial charge on any atom is -0.00462 e. The summed E-state index contributed by atoms with van der Waals surface area (Å²) in [5, 5.41) is 3.46. The van der Waals surface area contributed by atoms with Gasteiger partial charge in [0.1, 0.15) is 0 Å². The molecule has 1 nitrogen and oxygen atoms in total. The zero-order valence-electron chi connectivity index (χ0n) is 11.5. The number of aryl methyl sites for hydroxylation is 1. The number of benzene rings is 1. The highest BCUT2D eigenvalue weighted by Gasteiger charge is 2.18. The van der Waals surface area contributed by atoms with Gasteiger partial charge < -0.3 is 5.32 Å². The van der Waals surface area contributed by atoms with E-state index in [1.165, 1.54) is 51.6 Å². The van der Waals surface area contributed by atoms with Gasteiger partial charge in [0.2, 0.25) is 0 Å². The second-order valence-electron chi connectivity index (χ2n) is 6.22. The third kappa shape index (κ3) is 2.61. The lowest BCUT2D eigenvalue weighted by Gasteiger charge is -2.25. The molecular formula is C17H25N. The van der Waals surface area contributed by atoms with Gasteiger partial charge in [-0.05, 0) is 80.1 Å². The topological polar surface area (TPSA) is 12.0 Å². The second kappa shape index (κ2) is 5.44. The van der Waals surface area contributed by atoms with Crippen LogP contribution in [0.3, 0.4) is 0 Å². The minimum atomic E-state index is 0.779. The van der Waals surface area contributed by atoms with E-state index in [0.717, 1.165) is 11.8 Å². The Hall–Kier alpha value is -0.820. The predicted molar refractivity (Wildman–Crippen MR) is 77.1 cm³/mol. The van der Waals surface area contributed by atoms with Gasteiger partial charge in [0, 0.05) is 0 Å². The Kier molecular flexibility index (Phi) is 3.69. The molecule has 1 saturated heterocycles. The quantitative estimate of drug-likeness (QED) is 0.835.